The van der Waals surface area contributed by atoms with Gasteiger partial charge in [-0.25, -0.2) is 15.0 Å². The minimum absolute atomic E-state index is 0.221. The average molecular weight is 733 g/mol. The molecule has 7 aromatic rings. The number of pyridine rings is 4. The Labute approximate surface area is 321 Å². The molecular weight excluding hydrogens is 701 g/mol. The maximum atomic E-state index is 14.2. The zero-order valence-corrected chi connectivity index (χ0v) is 30.8. The summed E-state index contributed by atoms with van der Waals surface area (Å²) in [5, 5.41) is 1.61. The first-order valence-corrected chi connectivity index (χ1v) is 18.2. The van der Waals surface area contributed by atoms with E-state index in [2.05, 4.69) is 48.8 Å². The third-order valence-corrected chi connectivity index (χ3v) is 11.4. The molecule has 3 aliphatic heterocycles. The van der Waals surface area contributed by atoms with Crippen molar-refractivity contribution in [2.24, 2.45) is 9.98 Å². The minimum atomic E-state index is -0.979. The quantitative estimate of drug-likeness (QED) is 0.165. The second-order valence-corrected chi connectivity index (χ2v) is 14.2. The number of ketones is 1. The van der Waals surface area contributed by atoms with Crippen LogP contribution in [0.4, 0.5) is 28.4 Å². The van der Waals surface area contributed by atoms with E-state index in [0.29, 0.717) is 56.2 Å². The van der Waals surface area contributed by atoms with Crippen molar-refractivity contribution < 1.29 is 9.53 Å². The fourth-order valence-electron chi connectivity index (χ4n) is 8.42. The molecule has 11 rings (SSSR count). The molecular formula is C44H32N10O2. The standard InChI is InChI=1S/C44H32N10O2/c1-51-31-13-5-6-14-32(31)52(2)35(51)23-48-40-29-21-25(22-47-38(29)37-27(42(40)55)12-10-20-46-37)30-18-17-28-39(50-30)36-26(11-9-19-45-36)41-43(28)56-44(24-49-41)53(3)33-15-7-8-16-34(33)54(44)4/h5-24H,1-4H3. The summed E-state index contributed by atoms with van der Waals surface area (Å²) >= 11 is 0. The Morgan fingerprint density at radius 3 is 2.12 bits per heavy atom. The molecule has 0 fully saturated rings. The first kappa shape index (κ1) is 32.0. The number of aromatic nitrogens is 4. The van der Waals surface area contributed by atoms with Gasteiger partial charge in [-0.05, 0) is 66.7 Å². The average Bonchev–Trinajstić information content (AvgIpc) is 3.61. The van der Waals surface area contributed by atoms with Crippen LogP contribution in [0.5, 0.6) is 5.75 Å². The number of carbonyl (C=O) groups excluding carboxylic acids is 1. The van der Waals surface area contributed by atoms with E-state index in [9.17, 15) is 4.79 Å². The number of hydrogen-bond acceptors (Lipinski definition) is 12. The molecule has 0 radical (unpaired) electrons. The number of ether oxygens (including phenoxy) is 1. The Balaban J connectivity index is 1.05. The number of rotatable bonds is 2. The maximum absolute atomic E-state index is 14.2. The van der Waals surface area contributed by atoms with E-state index in [1.165, 1.54) is 0 Å². The highest BCUT2D eigenvalue weighted by molar-refractivity contribution is 6.54. The lowest BCUT2D eigenvalue weighted by atomic mass is 9.88. The summed E-state index contributed by atoms with van der Waals surface area (Å²) in [6.07, 6.45) is 8.81. The first-order chi connectivity index (χ1) is 27.3. The molecule has 7 heterocycles. The van der Waals surface area contributed by atoms with E-state index in [1.807, 2.05) is 89.0 Å². The van der Waals surface area contributed by atoms with Gasteiger partial charge < -0.3 is 24.3 Å². The lowest BCUT2D eigenvalue weighted by Crippen LogP contribution is -2.61. The highest BCUT2D eigenvalue weighted by atomic mass is 16.5. The number of aliphatic imine (C=N–C) groups is 2. The number of anilines is 4. The van der Waals surface area contributed by atoms with Crippen molar-refractivity contribution in [3.8, 4) is 28.4 Å². The van der Waals surface area contributed by atoms with Crippen LogP contribution in [0.15, 0.2) is 132 Å². The van der Waals surface area contributed by atoms with Crippen molar-refractivity contribution >= 4 is 68.0 Å². The predicted octanol–water partition coefficient (Wildman–Crippen LogP) is 7.61. The number of carbonyl (C=O) groups is 1. The summed E-state index contributed by atoms with van der Waals surface area (Å²) in [4.78, 5) is 52.0. The van der Waals surface area contributed by atoms with Crippen molar-refractivity contribution in [3.63, 3.8) is 0 Å². The molecule has 0 saturated carbocycles. The van der Waals surface area contributed by atoms with E-state index < -0.39 is 5.85 Å². The van der Waals surface area contributed by atoms with Gasteiger partial charge in [0.25, 0.3) is 0 Å². The zero-order valence-electron chi connectivity index (χ0n) is 30.8. The topological polar surface area (TPSA) is 116 Å². The second kappa shape index (κ2) is 11.5. The number of Topliss-reactive ketones (excluding diaryl/α,β-unsaturated/α-hetero) is 1. The van der Waals surface area contributed by atoms with Crippen molar-refractivity contribution in [3.05, 3.63) is 133 Å². The van der Waals surface area contributed by atoms with Gasteiger partial charge in [-0.15, -0.1) is 0 Å². The number of hydrogen-bond donors (Lipinski definition) is 0. The van der Waals surface area contributed by atoms with Gasteiger partial charge >= 0.3 is 5.85 Å². The molecule has 12 nitrogen and oxygen atoms in total. The first-order valence-electron chi connectivity index (χ1n) is 18.2. The van der Waals surface area contributed by atoms with Gasteiger partial charge in [0.2, 0.25) is 5.78 Å². The van der Waals surface area contributed by atoms with E-state index in [-0.39, 0.29) is 11.5 Å². The third-order valence-electron chi connectivity index (χ3n) is 11.4. The van der Waals surface area contributed by atoms with Crippen LogP contribution in [-0.2, 0) is 0 Å². The largest absolute Gasteiger partial charge is 0.442 e. The predicted molar refractivity (Wildman–Crippen MR) is 220 cm³/mol. The van der Waals surface area contributed by atoms with E-state index in [1.54, 1.807) is 36.9 Å². The monoisotopic (exact) mass is 732 g/mol. The molecule has 3 aromatic carbocycles. The fraction of sp³-hybridized carbons (Fsp3) is 0.114. The van der Waals surface area contributed by atoms with Gasteiger partial charge in [-0.1, -0.05) is 24.3 Å². The molecule has 1 aliphatic carbocycles. The normalized spacial score (nSPS) is 16.7. The summed E-state index contributed by atoms with van der Waals surface area (Å²) < 4.78 is 7.04. The molecule has 0 saturated heterocycles. The number of para-hydroxylation sites is 4. The molecule has 1 spiro atoms. The highest BCUT2D eigenvalue weighted by Gasteiger charge is 2.50. The molecule has 0 amide bonds. The zero-order chi connectivity index (χ0) is 37.9. The van der Waals surface area contributed by atoms with Crippen LogP contribution in [0.3, 0.4) is 0 Å². The summed E-state index contributed by atoms with van der Waals surface area (Å²) in [5.74, 6) is 0.256. The maximum Gasteiger partial charge on any atom is 0.302 e. The Morgan fingerprint density at radius 2 is 1.38 bits per heavy atom. The van der Waals surface area contributed by atoms with Gasteiger partial charge in [0.1, 0.15) is 28.4 Å². The fourth-order valence-corrected chi connectivity index (χ4v) is 8.42. The Hall–Kier alpha value is -7.47. The molecule has 12 heteroatoms. The van der Waals surface area contributed by atoms with E-state index in [4.69, 9.17) is 29.7 Å². The van der Waals surface area contributed by atoms with Gasteiger partial charge in [0.05, 0.1) is 57.6 Å². The van der Waals surface area contributed by atoms with E-state index in [0.717, 1.165) is 39.3 Å². The Kier molecular flexibility index (Phi) is 6.58. The highest BCUT2D eigenvalue weighted by Crippen LogP contribution is 2.51. The van der Waals surface area contributed by atoms with Crippen LogP contribution < -0.4 is 24.3 Å². The van der Waals surface area contributed by atoms with Gasteiger partial charge in [-0.2, -0.15) is 0 Å². The van der Waals surface area contributed by atoms with Crippen LogP contribution in [0.2, 0.25) is 0 Å². The molecule has 0 N–H and O–H groups in total. The Morgan fingerprint density at radius 1 is 0.696 bits per heavy atom. The smallest absolute Gasteiger partial charge is 0.302 e. The molecule has 56 heavy (non-hydrogen) atoms. The van der Waals surface area contributed by atoms with E-state index >= 15 is 0 Å². The summed E-state index contributed by atoms with van der Waals surface area (Å²) in [6, 6.07) is 29.7. The summed E-state index contributed by atoms with van der Waals surface area (Å²) in [5.41, 5.74) is 10.1. The van der Waals surface area contributed by atoms with Crippen LogP contribution >= 0.6 is 0 Å². The number of fused-ring (bicyclic) bond motifs is 11. The van der Waals surface area contributed by atoms with Gasteiger partial charge in [0.15, 0.2) is 5.75 Å². The molecule has 270 valence electrons. The van der Waals surface area contributed by atoms with Crippen molar-refractivity contribution in [2.45, 2.75) is 5.85 Å². The van der Waals surface area contributed by atoms with Crippen molar-refractivity contribution in [1.29, 1.82) is 0 Å². The molecule has 0 unspecified atom stereocenters. The minimum Gasteiger partial charge on any atom is -0.442 e. The third kappa shape index (κ3) is 4.26. The lowest BCUT2D eigenvalue weighted by Gasteiger charge is -2.41. The number of nitrogens with zero attached hydrogens (tertiary/aromatic N) is 10. The molecule has 0 atom stereocenters. The van der Waals surface area contributed by atoms with Crippen molar-refractivity contribution in [1.82, 2.24) is 19.9 Å². The second-order valence-electron chi connectivity index (χ2n) is 14.2. The Bertz CT molecular complexity index is 2910. The SMILES string of the molecule is CN1C(=CN=C2C(=O)c3cccnc3-c3ncc(-c4ccc5c6c(c7cccnc7c5n4)N=CC4(O6)N(C)c5ccccc5N4C)cc32)N(C)c2ccccc21. The van der Waals surface area contributed by atoms with Crippen LogP contribution in [0.1, 0.15) is 15.9 Å². The number of benzene rings is 3. The summed E-state index contributed by atoms with van der Waals surface area (Å²) in [7, 11) is 8.01. The van der Waals surface area contributed by atoms with Crippen LogP contribution in [-0.4, -0.2) is 71.7 Å². The molecule has 0 bridgehead atoms. The lowest BCUT2D eigenvalue weighted by molar-refractivity contribution is 0.106. The summed E-state index contributed by atoms with van der Waals surface area (Å²) in [6.45, 7) is 0. The van der Waals surface area contributed by atoms with Crippen LogP contribution in [0, 0.1) is 0 Å². The molecule has 4 aliphatic rings. The van der Waals surface area contributed by atoms with Gasteiger partial charge in [-0.3, -0.25) is 19.7 Å². The van der Waals surface area contributed by atoms with Gasteiger partial charge in [0, 0.05) is 68.7 Å². The molecule has 4 aromatic heterocycles. The van der Waals surface area contributed by atoms with Crippen molar-refractivity contribution in [2.75, 3.05) is 47.8 Å². The van der Waals surface area contributed by atoms with Crippen LogP contribution in [0.25, 0.3) is 44.5 Å².